The van der Waals surface area contributed by atoms with Crippen LogP contribution < -0.4 is 4.74 Å². The molecule has 0 atom stereocenters. The molecule has 2 aromatic rings. The SMILES string of the molecule is CCCCCCCc1cnc(-c2ccccc2OC(F)F)nc1. The van der Waals surface area contributed by atoms with Gasteiger partial charge in [-0.3, -0.25) is 0 Å². The van der Waals surface area contributed by atoms with Gasteiger partial charge in [0.25, 0.3) is 0 Å². The van der Waals surface area contributed by atoms with Gasteiger partial charge in [0.15, 0.2) is 5.82 Å². The lowest BCUT2D eigenvalue weighted by Crippen LogP contribution is -2.04. The van der Waals surface area contributed by atoms with Crippen LogP contribution in [0.3, 0.4) is 0 Å². The first-order valence-corrected chi connectivity index (χ1v) is 8.06. The summed E-state index contributed by atoms with van der Waals surface area (Å²) >= 11 is 0. The van der Waals surface area contributed by atoms with E-state index in [-0.39, 0.29) is 5.75 Å². The third kappa shape index (κ3) is 5.58. The van der Waals surface area contributed by atoms with Crippen LogP contribution in [0.4, 0.5) is 8.78 Å². The lowest BCUT2D eigenvalue weighted by Gasteiger charge is -2.09. The number of halogens is 2. The van der Waals surface area contributed by atoms with Crippen LogP contribution in [-0.2, 0) is 6.42 Å². The average molecular weight is 320 g/mol. The van der Waals surface area contributed by atoms with Gasteiger partial charge in [0.2, 0.25) is 0 Å². The van der Waals surface area contributed by atoms with Crippen molar-refractivity contribution in [1.82, 2.24) is 9.97 Å². The van der Waals surface area contributed by atoms with Crippen molar-refractivity contribution in [3.63, 3.8) is 0 Å². The summed E-state index contributed by atoms with van der Waals surface area (Å²) in [6.07, 6.45) is 10.6. The minimum atomic E-state index is -2.86. The molecule has 0 N–H and O–H groups in total. The molecule has 23 heavy (non-hydrogen) atoms. The van der Waals surface area contributed by atoms with Gasteiger partial charge in [0, 0.05) is 12.4 Å². The van der Waals surface area contributed by atoms with Gasteiger partial charge >= 0.3 is 6.61 Å². The number of benzene rings is 1. The molecule has 0 aliphatic heterocycles. The minimum absolute atomic E-state index is 0.0924. The highest BCUT2D eigenvalue weighted by Gasteiger charge is 2.12. The van der Waals surface area contributed by atoms with E-state index in [4.69, 9.17) is 0 Å². The van der Waals surface area contributed by atoms with Gasteiger partial charge in [0.1, 0.15) is 5.75 Å². The van der Waals surface area contributed by atoms with Crippen LogP contribution >= 0.6 is 0 Å². The second kappa shape index (κ2) is 9.18. The normalized spacial score (nSPS) is 11.0. The molecule has 1 heterocycles. The molecule has 0 saturated carbocycles. The number of para-hydroxylation sites is 1. The van der Waals surface area contributed by atoms with Crippen LogP contribution in [0.15, 0.2) is 36.7 Å². The van der Waals surface area contributed by atoms with Gasteiger partial charge in [-0.15, -0.1) is 0 Å². The standard InChI is InChI=1S/C18H22F2N2O/c1-2-3-4-5-6-9-14-12-21-17(22-13-14)15-10-7-8-11-16(15)23-18(19)20/h7-8,10-13,18H,2-6,9H2,1H3. The highest BCUT2D eigenvalue weighted by molar-refractivity contribution is 5.63. The Balaban J connectivity index is 1.99. The molecule has 3 nitrogen and oxygen atoms in total. The second-order valence-electron chi connectivity index (χ2n) is 5.45. The molecule has 0 spiro atoms. The maximum Gasteiger partial charge on any atom is 0.387 e. The van der Waals surface area contributed by atoms with Gasteiger partial charge in [-0.2, -0.15) is 8.78 Å². The Labute approximate surface area is 135 Å². The van der Waals surface area contributed by atoms with Gasteiger partial charge < -0.3 is 4.74 Å². The van der Waals surface area contributed by atoms with E-state index in [9.17, 15) is 8.78 Å². The van der Waals surface area contributed by atoms with Crippen molar-refractivity contribution in [3.8, 4) is 17.1 Å². The molecule has 0 amide bonds. The highest BCUT2D eigenvalue weighted by atomic mass is 19.3. The number of unbranched alkanes of at least 4 members (excludes halogenated alkanes) is 4. The van der Waals surface area contributed by atoms with E-state index in [2.05, 4.69) is 21.6 Å². The third-order valence-corrected chi connectivity index (χ3v) is 3.62. The van der Waals surface area contributed by atoms with E-state index in [0.29, 0.717) is 11.4 Å². The summed E-state index contributed by atoms with van der Waals surface area (Å²) in [7, 11) is 0. The average Bonchev–Trinajstić information content (AvgIpc) is 2.55. The molecule has 0 aliphatic rings. The Morgan fingerprint density at radius 3 is 2.39 bits per heavy atom. The molecule has 1 aromatic carbocycles. The van der Waals surface area contributed by atoms with E-state index in [1.54, 1.807) is 30.6 Å². The minimum Gasteiger partial charge on any atom is -0.434 e. The molecule has 0 unspecified atom stereocenters. The summed E-state index contributed by atoms with van der Waals surface area (Å²) in [4.78, 5) is 8.59. The Morgan fingerprint density at radius 1 is 1.00 bits per heavy atom. The molecular formula is C18H22F2N2O. The van der Waals surface area contributed by atoms with Gasteiger partial charge in [-0.05, 0) is 30.5 Å². The first-order valence-electron chi connectivity index (χ1n) is 8.06. The summed E-state index contributed by atoms with van der Waals surface area (Å²) < 4.78 is 29.4. The van der Waals surface area contributed by atoms with Crippen LogP contribution in [0.5, 0.6) is 5.75 Å². The molecule has 2 rings (SSSR count). The molecule has 0 fully saturated rings. The van der Waals surface area contributed by atoms with Gasteiger partial charge in [0.05, 0.1) is 5.56 Å². The van der Waals surface area contributed by atoms with Crippen molar-refractivity contribution in [2.45, 2.75) is 52.1 Å². The van der Waals surface area contributed by atoms with Crippen molar-refractivity contribution in [1.29, 1.82) is 0 Å². The predicted molar refractivity (Wildman–Crippen MR) is 86.6 cm³/mol. The van der Waals surface area contributed by atoms with E-state index < -0.39 is 6.61 Å². The fourth-order valence-electron chi connectivity index (χ4n) is 2.41. The smallest absolute Gasteiger partial charge is 0.387 e. The Morgan fingerprint density at radius 2 is 1.70 bits per heavy atom. The van der Waals surface area contributed by atoms with Gasteiger partial charge in [-0.1, -0.05) is 44.7 Å². The zero-order chi connectivity index (χ0) is 16.5. The largest absolute Gasteiger partial charge is 0.434 e. The van der Waals surface area contributed by atoms with Crippen LogP contribution in [0.1, 0.15) is 44.6 Å². The monoisotopic (exact) mass is 320 g/mol. The quantitative estimate of drug-likeness (QED) is 0.591. The summed E-state index contributed by atoms with van der Waals surface area (Å²) in [5, 5.41) is 0. The fraction of sp³-hybridized carbons (Fsp3) is 0.444. The fourth-order valence-corrected chi connectivity index (χ4v) is 2.41. The van der Waals surface area contributed by atoms with Crippen molar-refractivity contribution in [3.05, 3.63) is 42.2 Å². The van der Waals surface area contributed by atoms with Crippen LogP contribution in [0.2, 0.25) is 0 Å². The Kier molecular flexibility index (Phi) is 6.91. The van der Waals surface area contributed by atoms with E-state index in [1.807, 2.05) is 0 Å². The molecule has 0 saturated heterocycles. The number of ether oxygens (including phenoxy) is 1. The van der Waals surface area contributed by atoms with Crippen molar-refractivity contribution >= 4 is 0 Å². The number of rotatable bonds is 9. The first-order chi connectivity index (χ1) is 11.2. The number of aryl methyl sites for hydroxylation is 1. The molecule has 0 aliphatic carbocycles. The maximum absolute atomic E-state index is 12.4. The molecule has 0 radical (unpaired) electrons. The third-order valence-electron chi connectivity index (χ3n) is 3.62. The number of nitrogens with zero attached hydrogens (tertiary/aromatic N) is 2. The highest BCUT2D eigenvalue weighted by Crippen LogP contribution is 2.28. The number of aromatic nitrogens is 2. The molecule has 5 heteroatoms. The lowest BCUT2D eigenvalue weighted by molar-refractivity contribution is -0.0494. The van der Waals surface area contributed by atoms with Crippen LogP contribution in [-0.4, -0.2) is 16.6 Å². The zero-order valence-corrected chi connectivity index (χ0v) is 13.3. The molecule has 1 aromatic heterocycles. The Bertz CT molecular complexity index is 588. The Hall–Kier alpha value is -2.04. The number of alkyl halides is 2. The van der Waals surface area contributed by atoms with Crippen molar-refractivity contribution < 1.29 is 13.5 Å². The second-order valence-corrected chi connectivity index (χ2v) is 5.45. The summed E-state index contributed by atoms with van der Waals surface area (Å²) in [6, 6.07) is 6.56. The molecular weight excluding hydrogens is 298 g/mol. The summed E-state index contributed by atoms with van der Waals surface area (Å²) in [5.74, 6) is 0.491. The van der Waals surface area contributed by atoms with E-state index in [0.717, 1.165) is 18.4 Å². The number of hydrogen-bond donors (Lipinski definition) is 0. The van der Waals surface area contributed by atoms with Crippen molar-refractivity contribution in [2.75, 3.05) is 0 Å². The summed E-state index contributed by atoms with van der Waals surface area (Å²) in [6.45, 7) is -0.666. The van der Waals surface area contributed by atoms with Crippen molar-refractivity contribution in [2.24, 2.45) is 0 Å². The predicted octanol–water partition coefficient (Wildman–Crippen LogP) is 5.26. The molecule has 124 valence electrons. The van der Waals surface area contributed by atoms with Crippen LogP contribution in [0, 0.1) is 0 Å². The summed E-state index contributed by atoms with van der Waals surface area (Å²) in [5.41, 5.74) is 1.54. The topological polar surface area (TPSA) is 35.0 Å². The lowest BCUT2D eigenvalue weighted by atomic mass is 10.1. The zero-order valence-electron chi connectivity index (χ0n) is 13.3. The van der Waals surface area contributed by atoms with Gasteiger partial charge in [-0.25, -0.2) is 9.97 Å². The molecule has 0 bridgehead atoms. The van der Waals surface area contributed by atoms with Crippen LogP contribution in [0.25, 0.3) is 11.4 Å². The maximum atomic E-state index is 12.4. The number of hydrogen-bond acceptors (Lipinski definition) is 3. The van der Waals surface area contributed by atoms with E-state index >= 15 is 0 Å². The van der Waals surface area contributed by atoms with E-state index in [1.165, 1.54) is 31.7 Å². The first kappa shape index (κ1) is 17.3.